The van der Waals surface area contributed by atoms with Gasteiger partial charge in [-0.3, -0.25) is 4.90 Å². The van der Waals surface area contributed by atoms with E-state index in [1.807, 2.05) is 6.07 Å². The molecule has 0 spiro atoms. The molecule has 2 nitrogen and oxygen atoms in total. The first-order valence-electron chi connectivity index (χ1n) is 6.05. The molecule has 0 aliphatic carbocycles. The fraction of sp³-hybridized carbons (Fsp3) is 0.538. The van der Waals surface area contributed by atoms with Crippen LogP contribution in [0, 0.1) is 5.82 Å². The van der Waals surface area contributed by atoms with E-state index in [1.165, 1.54) is 6.07 Å². The molecule has 1 unspecified atom stereocenters. The van der Waals surface area contributed by atoms with E-state index in [1.54, 1.807) is 6.07 Å². The number of nitrogens with zero attached hydrogens (tertiary/aromatic N) is 1. The Kier molecular flexibility index (Phi) is 4.37. The molecule has 17 heavy (non-hydrogen) atoms. The van der Waals surface area contributed by atoms with E-state index >= 15 is 0 Å². The monoisotopic (exact) mass is 256 g/mol. The van der Waals surface area contributed by atoms with Crippen LogP contribution in [0.5, 0.6) is 0 Å². The van der Waals surface area contributed by atoms with Gasteiger partial charge in [-0.05, 0) is 37.6 Å². The first-order chi connectivity index (χ1) is 8.16. The van der Waals surface area contributed by atoms with E-state index < -0.39 is 0 Å². The van der Waals surface area contributed by atoms with Crippen molar-refractivity contribution in [2.24, 2.45) is 0 Å². The van der Waals surface area contributed by atoms with Gasteiger partial charge in [0.05, 0.1) is 5.02 Å². The highest BCUT2D eigenvalue weighted by molar-refractivity contribution is 6.30. The van der Waals surface area contributed by atoms with E-state index in [9.17, 15) is 4.39 Å². The number of benzene rings is 1. The largest absolute Gasteiger partial charge is 0.315 e. The van der Waals surface area contributed by atoms with Crippen molar-refractivity contribution in [1.82, 2.24) is 10.2 Å². The molecule has 1 aromatic rings. The molecule has 1 heterocycles. The van der Waals surface area contributed by atoms with Crippen LogP contribution in [0.15, 0.2) is 18.2 Å². The maximum Gasteiger partial charge on any atom is 0.141 e. The van der Waals surface area contributed by atoms with Gasteiger partial charge in [0.1, 0.15) is 5.82 Å². The second-order valence-corrected chi connectivity index (χ2v) is 5.01. The average molecular weight is 257 g/mol. The maximum absolute atomic E-state index is 13.1. The molecule has 1 aliphatic heterocycles. The lowest BCUT2D eigenvalue weighted by Gasteiger charge is -2.26. The second-order valence-electron chi connectivity index (χ2n) is 4.61. The van der Waals surface area contributed by atoms with Crippen molar-refractivity contribution >= 4 is 11.6 Å². The summed E-state index contributed by atoms with van der Waals surface area (Å²) in [6.07, 6.45) is 1.15. The Labute approximate surface area is 107 Å². The van der Waals surface area contributed by atoms with Gasteiger partial charge in [-0.15, -0.1) is 0 Å². The van der Waals surface area contributed by atoms with Gasteiger partial charge in [0.25, 0.3) is 0 Å². The quantitative estimate of drug-likeness (QED) is 0.875. The number of nitrogens with one attached hydrogen (secondary N) is 1. The summed E-state index contributed by atoms with van der Waals surface area (Å²) in [4.78, 5) is 2.41. The summed E-state index contributed by atoms with van der Waals surface area (Å²) in [5.74, 6) is -0.346. The van der Waals surface area contributed by atoms with Gasteiger partial charge in [-0.2, -0.15) is 0 Å². The minimum Gasteiger partial charge on any atom is -0.315 e. The minimum absolute atomic E-state index is 0.211. The van der Waals surface area contributed by atoms with Gasteiger partial charge in [0, 0.05) is 25.7 Å². The smallest absolute Gasteiger partial charge is 0.141 e. The van der Waals surface area contributed by atoms with E-state index in [2.05, 4.69) is 17.1 Å². The van der Waals surface area contributed by atoms with Gasteiger partial charge in [0.15, 0.2) is 0 Å². The molecule has 1 atom stereocenters. The average Bonchev–Trinajstić information content (AvgIpc) is 2.50. The highest BCUT2D eigenvalue weighted by atomic mass is 35.5. The Morgan fingerprint density at radius 1 is 1.47 bits per heavy atom. The van der Waals surface area contributed by atoms with Crippen LogP contribution in [0.3, 0.4) is 0 Å². The molecule has 0 saturated carbocycles. The third kappa shape index (κ3) is 3.41. The Morgan fingerprint density at radius 3 is 3.06 bits per heavy atom. The molecular formula is C13H18ClFN2. The van der Waals surface area contributed by atoms with E-state index in [4.69, 9.17) is 11.6 Å². The maximum atomic E-state index is 13.1. The fourth-order valence-electron chi connectivity index (χ4n) is 2.17. The molecular weight excluding hydrogens is 239 g/mol. The molecule has 1 saturated heterocycles. The molecule has 1 fully saturated rings. The molecule has 0 bridgehead atoms. The molecule has 1 aromatic carbocycles. The van der Waals surface area contributed by atoms with Gasteiger partial charge in [0.2, 0.25) is 0 Å². The summed E-state index contributed by atoms with van der Waals surface area (Å²) in [6.45, 7) is 6.18. The minimum atomic E-state index is -0.346. The zero-order chi connectivity index (χ0) is 12.3. The molecule has 1 N–H and O–H groups in total. The van der Waals surface area contributed by atoms with Crippen LogP contribution in [-0.4, -0.2) is 30.6 Å². The zero-order valence-electron chi connectivity index (χ0n) is 10.0. The third-order valence-corrected chi connectivity index (χ3v) is 3.60. The predicted molar refractivity (Wildman–Crippen MR) is 68.8 cm³/mol. The second kappa shape index (κ2) is 5.80. The van der Waals surface area contributed by atoms with Gasteiger partial charge >= 0.3 is 0 Å². The number of rotatable bonds is 2. The normalized spacial score (nSPS) is 22.4. The van der Waals surface area contributed by atoms with E-state index in [-0.39, 0.29) is 10.8 Å². The summed E-state index contributed by atoms with van der Waals surface area (Å²) in [5.41, 5.74) is 1.07. The highest BCUT2D eigenvalue weighted by Gasteiger charge is 2.16. The zero-order valence-corrected chi connectivity index (χ0v) is 10.8. The van der Waals surface area contributed by atoms with Crippen molar-refractivity contribution < 1.29 is 4.39 Å². The Bertz CT molecular complexity index is 384. The van der Waals surface area contributed by atoms with Crippen molar-refractivity contribution in [3.8, 4) is 0 Å². The summed E-state index contributed by atoms with van der Waals surface area (Å²) < 4.78 is 13.1. The van der Waals surface area contributed by atoms with Gasteiger partial charge < -0.3 is 5.32 Å². The first-order valence-corrected chi connectivity index (χ1v) is 6.43. The van der Waals surface area contributed by atoms with Gasteiger partial charge in [-0.1, -0.05) is 17.7 Å². The fourth-order valence-corrected chi connectivity index (χ4v) is 2.37. The Hall–Kier alpha value is -0.640. The lowest BCUT2D eigenvalue weighted by atomic mass is 10.1. The van der Waals surface area contributed by atoms with Crippen molar-refractivity contribution in [3.63, 3.8) is 0 Å². The standard InChI is InChI=1S/C13H18ClFN2/c1-10-4-5-16-6-7-17(10)9-11-2-3-13(15)12(14)8-11/h2-3,8,10,16H,4-7,9H2,1H3. The topological polar surface area (TPSA) is 15.3 Å². The van der Waals surface area contributed by atoms with Crippen molar-refractivity contribution in [1.29, 1.82) is 0 Å². The molecule has 0 radical (unpaired) electrons. The summed E-state index contributed by atoms with van der Waals surface area (Å²) in [6, 6.07) is 5.53. The molecule has 0 amide bonds. The summed E-state index contributed by atoms with van der Waals surface area (Å²) in [7, 11) is 0. The van der Waals surface area contributed by atoms with E-state index in [0.717, 1.165) is 38.2 Å². The van der Waals surface area contributed by atoms with Crippen LogP contribution in [0.2, 0.25) is 5.02 Å². The Morgan fingerprint density at radius 2 is 2.29 bits per heavy atom. The molecule has 1 aliphatic rings. The lowest BCUT2D eigenvalue weighted by molar-refractivity contribution is 0.211. The number of hydrogen-bond donors (Lipinski definition) is 1. The van der Waals surface area contributed by atoms with Gasteiger partial charge in [-0.25, -0.2) is 4.39 Å². The highest BCUT2D eigenvalue weighted by Crippen LogP contribution is 2.18. The van der Waals surface area contributed by atoms with Crippen LogP contribution >= 0.6 is 11.6 Å². The van der Waals surface area contributed by atoms with Crippen molar-refractivity contribution in [3.05, 3.63) is 34.6 Å². The van der Waals surface area contributed by atoms with Crippen molar-refractivity contribution in [2.45, 2.75) is 25.9 Å². The Balaban J connectivity index is 2.05. The third-order valence-electron chi connectivity index (χ3n) is 3.31. The van der Waals surface area contributed by atoms with Crippen LogP contribution in [0.4, 0.5) is 4.39 Å². The number of halogens is 2. The summed E-state index contributed by atoms with van der Waals surface area (Å²) in [5, 5.41) is 3.60. The lowest BCUT2D eigenvalue weighted by Crippen LogP contribution is -2.33. The molecule has 4 heteroatoms. The van der Waals surface area contributed by atoms with Crippen molar-refractivity contribution in [2.75, 3.05) is 19.6 Å². The van der Waals surface area contributed by atoms with Crippen LogP contribution in [0.1, 0.15) is 18.9 Å². The first kappa shape index (κ1) is 12.8. The number of hydrogen-bond acceptors (Lipinski definition) is 2. The SMILES string of the molecule is CC1CCNCCN1Cc1ccc(F)c(Cl)c1. The molecule has 0 aromatic heterocycles. The summed E-state index contributed by atoms with van der Waals surface area (Å²) >= 11 is 5.79. The van der Waals surface area contributed by atoms with Crippen LogP contribution in [-0.2, 0) is 6.54 Å². The van der Waals surface area contributed by atoms with E-state index in [0.29, 0.717) is 6.04 Å². The molecule has 94 valence electrons. The van der Waals surface area contributed by atoms with Crippen LogP contribution in [0.25, 0.3) is 0 Å². The predicted octanol–water partition coefficient (Wildman–Crippen LogP) is 2.66. The van der Waals surface area contributed by atoms with Crippen LogP contribution < -0.4 is 5.32 Å². The molecule has 2 rings (SSSR count).